The van der Waals surface area contributed by atoms with Crippen LogP contribution in [-0.4, -0.2) is 20.7 Å². The van der Waals surface area contributed by atoms with Crippen LogP contribution in [0.15, 0.2) is 18.2 Å². The number of rotatable bonds is 3. The molecule has 0 bridgehead atoms. The van der Waals surface area contributed by atoms with Crippen molar-refractivity contribution in [2.75, 3.05) is 5.73 Å². The molecule has 0 fully saturated rings. The van der Waals surface area contributed by atoms with Crippen molar-refractivity contribution >= 4 is 11.7 Å². The Kier molecular flexibility index (Phi) is 3.60. The van der Waals surface area contributed by atoms with Crippen molar-refractivity contribution < 1.29 is 9.53 Å². The molecular formula is C15H18N4O2. The Morgan fingerprint density at radius 3 is 3.05 bits per heavy atom. The lowest BCUT2D eigenvalue weighted by molar-refractivity contribution is 0.0456. The van der Waals surface area contributed by atoms with E-state index in [1.807, 2.05) is 11.5 Å². The molecule has 21 heavy (non-hydrogen) atoms. The molecule has 6 heteroatoms. The Bertz CT molecular complexity index is 678. The van der Waals surface area contributed by atoms with Crippen LogP contribution in [0.1, 0.15) is 40.4 Å². The summed E-state index contributed by atoms with van der Waals surface area (Å²) in [4.78, 5) is 12.1. The first-order chi connectivity index (χ1) is 10.1. The highest BCUT2D eigenvalue weighted by atomic mass is 16.5. The van der Waals surface area contributed by atoms with E-state index in [1.54, 1.807) is 18.2 Å². The van der Waals surface area contributed by atoms with Crippen LogP contribution in [0.5, 0.6) is 0 Å². The fourth-order valence-electron chi connectivity index (χ4n) is 2.60. The molecule has 0 atom stereocenters. The summed E-state index contributed by atoms with van der Waals surface area (Å²) >= 11 is 0. The molecule has 2 aromatic rings. The first-order valence-electron chi connectivity index (χ1n) is 7.09. The average Bonchev–Trinajstić information content (AvgIpc) is 2.88. The summed E-state index contributed by atoms with van der Waals surface area (Å²) < 4.78 is 7.40. The summed E-state index contributed by atoms with van der Waals surface area (Å²) in [7, 11) is 0. The highest BCUT2D eigenvalue weighted by molar-refractivity contribution is 5.91. The van der Waals surface area contributed by atoms with Gasteiger partial charge in [0.2, 0.25) is 0 Å². The lowest BCUT2D eigenvalue weighted by atomic mass is 10.1. The van der Waals surface area contributed by atoms with Gasteiger partial charge in [0, 0.05) is 18.7 Å². The van der Waals surface area contributed by atoms with Crippen molar-refractivity contribution in [2.45, 2.75) is 39.3 Å². The molecule has 1 aliphatic heterocycles. The summed E-state index contributed by atoms with van der Waals surface area (Å²) in [5, 5.41) is 8.26. The van der Waals surface area contributed by atoms with Gasteiger partial charge in [0.25, 0.3) is 0 Å². The zero-order valence-corrected chi connectivity index (χ0v) is 12.0. The van der Waals surface area contributed by atoms with Crippen LogP contribution in [0.2, 0.25) is 0 Å². The average molecular weight is 286 g/mol. The SMILES string of the molecule is Cc1cc(N)ccc1C(=O)OCc1nnc2n1CCCC2. The van der Waals surface area contributed by atoms with E-state index in [2.05, 4.69) is 10.2 Å². The van der Waals surface area contributed by atoms with E-state index >= 15 is 0 Å². The van der Waals surface area contributed by atoms with Gasteiger partial charge in [-0.05, 0) is 43.5 Å². The number of carbonyl (C=O) groups is 1. The molecule has 1 aliphatic rings. The van der Waals surface area contributed by atoms with Gasteiger partial charge in [-0.2, -0.15) is 0 Å². The number of aromatic nitrogens is 3. The Morgan fingerprint density at radius 1 is 1.38 bits per heavy atom. The standard InChI is InChI=1S/C15H18N4O2/c1-10-8-11(16)5-6-12(10)15(20)21-9-14-18-17-13-4-2-3-7-19(13)14/h5-6,8H,2-4,7,9,16H2,1H3. The fourth-order valence-corrected chi connectivity index (χ4v) is 2.60. The van der Waals surface area contributed by atoms with E-state index in [4.69, 9.17) is 10.5 Å². The predicted octanol–water partition coefficient (Wildman–Crippen LogP) is 1.86. The Labute approximate surface area is 122 Å². The quantitative estimate of drug-likeness (QED) is 0.688. The van der Waals surface area contributed by atoms with E-state index in [0.29, 0.717) is 17.1 Å². The summed E-state index contributed by atoms with van der Waals surface area (Å²) in [6.07, 6.45) is 3.20. The summed E-state index contributed by atoms with van der Waals surface area (Å²) in [5.41, 5.74) is 7.65. The van der Waals surface area contributed by atoms with Gasteiger partial charge < -0.3 is 15.0 Å². The van der Waals surface area contributed by atoms with Crippen molar-refractivity contribution in [1.29, 1.82) is 0 Å². The van der Waals surface area contributed by atoms with Gasteiger partial charge in [0.1, 0.15) is 5.82 Å². The monoisotopic (exact) mass is 286 g/mol. The van der Waals surface area contributed by atoms with Gasteiger partial charge in [-0.25, -0.2) is 4.79 Å². The van der Waals surface area contributed by atoms with Gasteiger partial charge in [0.05, 0.1) is 5.56 Å². The third-order valence-electron chi connectivity index (χ3n) is 3.74. The molecule has 0 aliphatic carbocycles. The first-order valence-corrected chi connectivity index (χ1v) is 7.09. The maximum Gasteiger partial charge on any atom is 0.338 e. The Balaban J connectivity index is 1.70. The number of ether oxygens (including phenoxy) is 1. The van der Waals surface area contributed by atoms with Gasteiger partial charge in [-0.3, -0.25) is 0 Å². The Morgan fingerprint density at radius 2 is 2.24 bits per heavy atom. The topological polar surface area (TPSA) is 83.0 Å². The minimum atomic E-state index is -0.361. The van der Waals surface area contributed by atoms with E-state index in [0.717, 1.165) is 37.2 Å². The summed E-state index contributed by atoms with van der Waals surface area (Å²) in [6.45, 7) is 2.89. The second-order valence-corrected chi connectivity index (χ2v) is 5.29. The molecule has 0 radical (unpaired) electrons. The molecule has 0 spiro atoms. The number of carbonyl (C=O) groups excluding carboxylic acids is 1. The third-order valence-corrected chi connectivity index (χ3v) is 3.74. The van der Waals surface area contributed by atoms with Crippen LogP contribution >= 0.6 is 0 Å². The first kappa shape index (κ1) is 13.6. The molecule has 0 saturated carbocycles. The van der Waals surface area contributed by atoms with Crippen molar-refractivity contribution in [3.63, 3.8) is 0 Å². The van der Waals surface area contributed by atoms with Gasteiger partial charge in [-0.1, -0.05) is 0 Å². The summed E-state index contributed by atoms with van der Waals surface area (Å²) in [6, 6.07) is 5.14. The van der Waals surface area contributed by atoms with Crippen LogP contribution < -0.4 is 5.73 Å². The second kappa shape index (κ2) is 5.55. The zero-order chi connectivity index (χ0) is 14.8. The van der Waals surface area contributed by atoms with Crippen molar-refractivity contribution in [3.05, 3.63) is 41.0 Å². The maximum atomic E-state index is 12.1. The summed E-state index contributed by atoms with van der Waals surface area (Å²) in [5.74, 6) is 1.34. The van der Waals surface area contributed by atoms with Crippen molar-refractivity contribution in [3.8, 4) is 0 Å². The fraction of sp³-hybridized carbons (Fsp3) is 0.400. The molecule has 3 rings (SSSR count). The molecule has 1 aromatic heterocycles. The number of nitrogens with two attached hydrogens (primary N) is 1. The molecule has 0 unspecified atom stereocenters. The van der Waals surface area contributed by atoms with E-state index in [1.165, 1.54) is 0 Å². The molecule has 0 saturated heterocycles. The largest absolute Gasteiger partial charge is 0.454 e. The number of fused-ring (bicyclic) bond motifs is 1. The highest BCUT2D eigenvalue weighted by Gasteiger charge is 2.17. The second-order valence-electron chi connectivity index (χ2n) is 5.29. The molecule has 6 nitrogen and oxygen atoms in total. The number of benzene rings is 1. The van der Waals surface area contributed by atoms with E-state index in [-0.39, 0.29) is 12.6 Å². The van der Waals surface area contributed by atoms with Crippen LogP contribution in [0.3, 0.4) is 0 Å². The number of nitrogens with zero attached hydrogens (tertiary/aromatic N) is 3. The third kappa shape index (κ3) is 2.74. The van der Waals surface area contributed by atoms with Gasteiger partial charge in [-0.15, -0.1) is 10.2 Å². The molecule has 1 aromatic carbocycles. The van der Waals surface area contributed by atoms with Crippen LogP contribution in [0.4, 0.5) is 5.69 Å². The van der Waals surface area contributed by atoms with Crippen molar-refractivity contribution in [2.24, 2.45) is 0 Å². The van der Waals surface area contributed by atoms with E-state index < -0.39 is 0 Å². The molecule has 0 amide bonds. The minimum absolute atomic E-state index is 0.148. The number of esters is 1. The highest BCUT2D eigenvalue weighted by Crippen LogP contribution is 2.17. The maximum absolute atomic E-state index is 12.1. The zero-order valence-electron chi connectivity index (χ0n) is 12.0. The number of hydrogen-bond acceptors (Lipinski definition) is 5. The Hall–Kier alpha value is -2.37. The molecular weight excluding hydrogens is 268 g/mol. The smallest absolute Gasteiger partial charge is 0.338 e. The number of nitrogen functional groups attached to an aromatic ring is 1. The lowest BCUT2D eigenvalue weighted by Crippen LogP contribution is -2.15. The molecule has 110 valence electrons. The predicted molar refractivity (Wildman–Crippen MR) is 77.7 cm³/mol. The van der Waals surface area contributed by atoms with E-state index in [9.17, 15) is 4.79 Å². The number of anilines is 1. The van der Waals surface area contributed by atoms with Gasteiger partial charge in [0.15, 0.2) is 12.4 Å². The molecule has 2 heterocycles. The molecule has 2 N–H and O–H groups in total. The normalized spacial score (nSPS) is 13.8. The lowest BCUT2D eigenvalue weighted by Gasteiger charge is -2.14. The number of hydrogen-bond donors (Lipinski definition) is 1. The van der Waals surface area contributed by atoms with Crippen LogP contribution in [0, 0.1) is 6.92 Å². The minimum Gasteiger partial charge on any atom is -0.454 e. The number of aryl methyl sites for hydroxylation is 2. The van der Waals surface area contributed by atoms with Crippen LogP contribution in [0.25, 0.3) is 0 Å². The van der Waals surface area contributed by atoms with Crippen molar-refractivity contribution in [1.82, 2.24) is 14.8 Å². The van der Waals surface area contributed by atoms with Gasteiger partial charge >= 0.3 is 5.97 Å². The van der Waals surface area contributed by atoms with Crippen LogP contribution in [-0.2, 0) is 24.3 Å².